The van der Waals surface area contributed by atoms with E-state index in [1.54, 1.807) is 6.20 Å². The summed E-state index contributed by atoms with van der Waals surface area (Å²) in [6.45, 7) is 2.59. The third-order valence-electron chi connectivity index (χ3n) is 1.95. The molecule has 0 saturated carbocycles. The van der Waals surface area contributed by atoms with Gasteiger partial charge in [-0.25, -0.2) is 0 Å². The van der Waals surface area contributed by atoms with E-state index in [2.05, 4.69) is 10.3 Å². The molecule has 76 valence electrons. The number of nitrogens with two attached hydrogens (primary N) is 1. The molecule has 1 atom stereocenters. The first kappa shape index (κ1) is 10.7. The number of rotatable bonds is 5. The predicted molar refractivity (Wildman–Crippen MR) is 54.5 cm³/mol. The van der Waals surface area contributed by atoms with Crippen LogP contribution >= 0.6 is 0 Å². The Morgan fingerprint density at radius 2 is 2.43 bits per heavy atom. The van der Waals surface area contributed by atoms with Crippen molar-refractivity contribution in [1.82, 2.24) is 10.3 Å². The van der Waals surface area contributed by atoms with Gasteiger partial charge < -0.3 is 11.1 Å². The Hall–Kier alpha value is -1.42. The third-order valence-corrected chi connectivity index (χ3v) is 1.95. The normalized spacial score (nSPS) is 12.4. The van der Waals surface area contributed by atoms with E-state index >= 15 is 0 Å². The van der Waals surface area contributed by atoms with Crippen LogP contribution in [0.25, 0.3) is 0 Å². The summed E-state index contributed by atoms with van der Waals surface area (Å²) in [6, 6.07) is 5.91. The van der Waals surface area contributed by atoms with Gasteiger partial charge in [-0.05, 0) is 19.1 Å². The van der Waals surface area contributed by atoms with Gasteiger partial charge in [0.05, 0.1) is 5.69 Å². The van der Waals surface area contributed by atoms with Crippen molar-refractivity contribution in [3.05, 3.63) is 30.1 Å². The summed E-state index contributed by atoms with van der Waals surface area (Å²) < 4.78 is 0. The van der Waals surface area contributed by atoms with Crippen molar-refractivity contribution >= 4 is 5.91 Å². The van der Waals surface area contributed by atoms with E-state index in [0.29, 0.717) is 13.0 Å². The zero-order valence-corrected chi connectivity index (χ0v) is 8.23. The van der Waals surface area contributed by atoms with Crippen molar-refractivity contribution in [3.8, 4) is 0 Å². The summed E-state index contributed by atoms with van der Waals surface area (Å²) in [4.78, 5) is 14.7. The quantitative estimate of drug-likeness (QED) is 0.719. The number of amides is 1. The molecule has 0 aliphatic rings. The zero-order chi connectivity index (χ0) is 10.4. The molecule has 4 nitrogen and oxygen atoms in total. The first-order valence-corrected chi connectivity index (χ1v) is 4.63. The largest absolute Gasteiger partial charge is 0.370 e. The van der Waals surface area contributed by atoms with Crippen LogP contribution in [0.15, 0.2) is 24.4 Å². The Kier molecular flexibility index (Phi) is 4.07. The van der Waals surface area contributed by atoms with Gasteiger partial charge in [-0.3, -0.25) is 9.78 Å². The van der Waals surface area contributed by atoms with Crippen LogP contribution in [0.1, 0.15) is 25.1 Å². The highest BCUT2D eigenvalue weighted by atomic mass is 16.1. The molecule has 0 aliphatic carbocycles. The fraction of sp³-hybridized carbons (Fsp3) is 0.400. The number of hydrogen-bond donors (Lipinski definition) is 2. The van der Waals surface area contributed by atoms with E-state index in [1.807, 2.05) is 25.1 Å². The molecule has 3 N–H and O–H groups in total. The molecule has 0 radical (unpaired) electrons. The second-order valence-electron chi connectivity index (χ2n) is 3.15. The van der Waals surface area contributed by atoms with Crippen molar-refractivity contribution in [3.63, 3.8) is 0 Å². The van der Waals surface area contributed by atoms with Crippen molar-refractivity contribution < 1.29 is 4.79 Å². The minimum Gasteiger partial charge on any atom is -0.370 e. The summed E-state index contributed by atoms with van der Waals surface area (Å²) >= 11 is 0. The standard InChI is InChI=1S/C10H15N3O/c1-8(12-7-5-10(11)14)9-4-2-3-6-13-9/h2-4,6,8,12H,5,7H2,1H3,(H2,11,14). The number of carbonyl (C=O) groups is 1. The maximum Gasteiger partial charge on any atom is 0.218 e. The molecular weight excluding hydrogens is 178 g/mol. The van der Waals surface area contributed by atoms with Crippen molar-refractivity contribution in [2.45, 2.75) is 19.4 Å². The van der Waals surface area contributed by atoms with Crippen LogP contribution in [0.4, 0.5) is 0 Å². The van der Waals surface area contributed by atoms with Gasteiger partial charge in [-0.1, -0.05) is 6.07 Å². The zero-order valence-electron chi connectivity index (χ0n) is 8.23. The monoisotopic (exact) mass is 193 g/mol. The molecule has 1 unspecified atom stereocenters. The first-order chi connectivity index (χ1) is 6.70. The Morgan fingerprint density at radius 1 is 1.64 bits per heavy atom. The summed E-state index contributed by atoms with van der Waals surface area (Å²) in [7, 11) is 0. The van der Waals surface area contributed by atoms with Crippen LogP contribution < -0.4 is 11.1 Å². The highest BCUT2D eigenvalue weighted by Gasteiger charge is 2.04. The molecular formula is C10H15N3O. The highest BCUT2D eigenvalue weighted by Crippen LogP contribution is 2.06. The van der Waals surface area contributed by atoms with Gasteiger partial charge in [0.25, 0.3) is 0 Å². The molecule has 1 heterocycles. The summed E-state index contributed by atoms with van der Waals surface area (Å²) in [6.07, 6.45) is 2.11. The Morgan fingerprint density at radius 3 is 3.00 bits per heavy atom. The number of aromatic nitrogens is 1. The molecule has 1 amide bonds. The Balaban J connectivity index is 2.36. The fourth-order valence-corrected chi connectivity index (χ4v) is 1.15. The summed E-state index contributed by atoms with van der Waals surface area (Å²) in [5.41, 5.74) is 5.99. The number of nitrogens with zero attached hydrogens (tertiary/aromatic N) is 1. The maximum atomic E-state index is 10.5. The molecule has 0 saturated heterocycles. The lowest BCUT2D eigenvalue weighted by Gasteiger charge is -2.11. The SMILES string of the molecule is CC(NCCC(N)=O)c1ccccn1. The van der Waals surface area contributed by atoms with E-state index in [0.717, 1.165) is 5.69 Å². The maximum absolute atomic E-state index is 10.5. The molecule has 4 heteroatoms. The lowest BCUT2D eigenvalue weighted by Crippen LogP contribution is -2.25. The second kappa shape index (κ2) is 5.34. The highest BCUT2D eigenvalue weighted by molar-refractivity contribution is 5.73. The minimum absolute atomic E-state index is 0.149. The van der Waals surface area contributed by atoms with Crippen molar-refractivity contribution in [1.29, 1.82) is 0 Å². The molecule has 1 aromatic rings. The van der Waals surface area contributed by atoms with E-state index < -0.39 is 0 Å². The van der Waals surface area contributed by atoms with E-state index in [-0.39, 0.29) is 11.9 Å². The van der Waals surface area contributed by atoms with E-state index in [1.165, 1.54) is 0 Å². The van der Waals surface area contributed by atoms with Crippen LogP contribution in [0.3, 0.4) is 0 Å². The average Bonchev–Trinajstić information content (AvgIpc) is 2.18. The van der Waals surface area contributed by atoms with Gasteiger partial charge in [0.2, 0.25) is 5.91 Å². The summed E-state index contributed by atoms with van der Waals surface area (Å²) in [5, 5.41) is 3.17. The van der Waals surface area contributed by atoms with Gasteiger partial charge in [0, 0.05) is 25.2 Å². The number of hydrogen-bond acceptors (Lipinski definition) is 3. The topological polar surface area (TPSA) is 68.0 Å². The summed E-state index contributed by atoms with van der Waals surface area (Å²) in [5.74, 6) is -0.286. The van der Waals surface area contributed by atoms with Crippen LogP contribution in [-0.2, 0) is 4.79 Å². The van der Waals surface area contributed by atoms with Gasteiger partial charge in [0.15, 0.2) is 0 Å². The lowest BCUT2D eigenvalue weighted by molar-refractivity contribution is -0.117. The van der Waals surface area contributed by atoms with Crippen LogP contribution in [-0.4, -0.2) is 17.4 Å². The van der Waals surface area contributed by atoms with Crippen LogP contribution in [0, 0.1) is 0 Å². The number of pyridine rings is 1. The average molecular weight is 193 g/mol. The van der Waals surface area contributed by atoms with Crippen molar-refractivity contribution in [2.75, 3.05) is 6.54 Å². The molecule has 0 bridgehead atoms. The molecule has 1 aromatic heterocycles. The first-order valence-electron chi connectivity index (χ1n) is 4.63. The van der Waals surface area contributed by atoms with Crippen molar-refractivity contribution in [2.24, 2.45) is 5.73 Å². The van der Waals surface area contributed by atoms with Crippen LogP contribution in [0.5, 0.6) is 0 Å². The molecule has 0 aromatic carbocycles. The van der Waals surface area contributed by atoms with Gasteiger partial charge in [-0.2, -0.15) is 0 Å². The number of nitrogens with one attached hydrogen (secondary N) is 1. The van der Waals surface area contributed by atoms with Gasteiger partial charge in [0.1, 0.15) is 0 Å². The van der Waals surface area contributed by atoms with E-state index in [9.17, 15) is 4.79 Å². The third kappa shape index (κ3) is 3.53. The Bertz CT molecular complexity index is 287. The lowest BCUT2D eigenvalue weighted by atomic mass is 10.2. The molecule has 1 rings (SSSR count). The molecule has 0 fully saturated rings. The second-order valence-corrected chi connectivity index (χ2v) is 3.15. The number of primary amides is 1. The van der Waals surface area contributed by atoms with E-state index in [4.69, 9.17) is 5.73 Å². The fourth-order valence-electron chi connectivity index (χ4n) is 1.15. The van der Waals surface area contributed by atoms with Gasteiger partial charge in [-0.15, -0.1) is 0 Å². The van der Waals surface area contributed by atoms with Crippen LogP contribution in [0.2, 0.25) is 0 Å². The van der Waals surface area contributed by atoms with Gasteiger partial charge >= 0.3 is 0 Å². The molecule has 14 heavy (non-hydrogen) atoms. The number of carbonyl (C=O) groups excluding carboxylic acids is 1. The Labute approximate surface area is 83.5 Å². The molecule has 0 spiro atoms. The smallest absolute Gasteiger partial charge is 0.218 e. The molecule has 0 aliphatic heterocycles. The predicted octanol–water partition coefficient (Wildman–Crippen LogP) is 0.608. The minimum atomic E-state index is -0.286.